The number of carbonyl (C=O) groups excluding carboxylic acids is 1. The van der Waals surface area contributed by atoms with Crippen LogP contribution in [0.2, 0.25) is 0 Å². The highest BCUT2D eigenvalue weighted by Gasteiger charge is 2.22. The Balaban J connectivity index is 1.85. The molecule has 2 aromatic carbocycles. The smallest absolute Gasteiger partial charge is 0.273 e. The molecule has 0 atom stereocenters. The van der Waals surface area contributed by atoms with Crippen LogP contribution < -0.4 is 20.5 Å². The zero-order chi connectivity index (χ0) is 18.1. The Kier molecular flexibility index (Phi) is 4.04. The van der Waals surface area contributed by atoms with Crippen LogP contribution in [-0.4, -0.2) is 29.4 Å². The average molecular weight is 350 g/mol. The number of hydrogen-bond donors (Lipinski definition) is 2. The van der Waals surface area contributed by atoms with E-state index in [2.05, 4.69) is 15.5 Å². The number of nitrogens with two attached hydrogens (primary N) is 1. The standard InChI is InChI=1S/C19H18N4O3/c1-2-9-21-19(24)17-15(20)13-7-3-5-11(16(13)22-23-17)12-6-4-8-14-18(12)26-10-25-14/h3-8H,2,9-10H2,1H3,(H2,20,22)(H,21,24). The summed E-state index contributed by atoms with van der Waals surface area (Å²) >= 11 is 0. The SMILES string of the molecule is CCCNC(=O)c1nnc2c(-c3cccc4c3OCO4)cccc2c1N. The summed E-state index contributed by atoms with van der Waals surface area (Å²) < 4.78 is 11.1. The van der Waals surface area contributed by atoms with Crippen molar-refractivity contribution in [3.63, 3.8) is 0 Å². The van der Waals surface area contributed by atoms with Gasteiger partial charge in [0.05, 0.1) is 5.69 Å². The van der Waals surface area contributed by atoms with Crippen LogP contribution in [0.15, 0.2) is 36.4 Å². The fourth-order valence-electron chi connectivity index (χ4n) is 3.00. The second-order valence-corrected chi connectivity index (χ2v) is 5.96. The van der Waals surface area contributed by atoms with Crippen LogP contribution in [0.25, 0.3) is 22.0 Å². The van der Waals surface area contributed by atoms with E-state index in [9.17, 15) is 4.79 Å². The molecule has 0 radical (unpaired) electrons. The highest BCUT2D eigenvalue weighted by molar-refractivity contribution is 6.07. The predicted octanol–water partition coefficient (Wildman–Crippen LogP) is 2.75. The van der Waals surface area contributed by atoms with E-state index in [0.717, 1.165) is 17.5 Å². The molecule has 26 heavy (non-hydrogen) atoms. The molecule has 0 saturated heterocycles. The number of amides is 1. The third-order valence-electron chi connectivity index (χ3n) is 4.27. The Hall–Kier alpha value is -3.35. The normalized spacial score (nSPS) is 12.3. The predicted molar refractivity (Wildman–Crippen MR) is 98.1 cm³/mol. The van der Waals surface area contributed by atoms with E-state index in [0.29, 0.717) is 34.6 Å². The summed E-state index contributed by atoms with van der Waals surface area (Å²) in [6, 6.07) is 11.3. The quantitative estimate of drug-likeness (QED) is 0.750. The van der Waals surface area contributed by atoms with Gasteiger partial charge in [-0.05, 0) is 12.5 Å². The number of fused-ring (bicyclic) bond motifs is 2. The molecule has 1 aliphatic rings. The van der Waals surface area contributed by atoms with Gasteiger partial charge in [0.15, 0.2) is 17.2 Å². The van der Waals surface area contributed by atoms with Crippen molar-refractivity contribution in [3.05, 3.63) is 42.1 Å². The van der Waals surface area contributed by atoms with Gasteiger partial charge in [0.25, 0.3) is 5.91 Å². The number of carbonyl (C=O) groups is 1. The van der Waals surface area contributed by atoms with E-state index >= 15 is 0 Å². The van der Waals surface area contributed by atoms with Crippen molar-refractivity contribution in [2.24, 2.45) is 0 Å². The van der Waals surface area contributed by atoms with Crippen LogP contribution in [0.1, 0.15) is 23.8 Å². The lowest BCUT2D eigenvalue weighted by Gasteiger charge is -2.11. The minimum Gasteiger partial charge on any atom is -0.454 e. The summed E-state index contributed by atoms with van der Waals surface area (Å²) in [6.07, 6.45) is 0.831. The van der Waals surface area contributed by atoms with Gasteiger partial charge in [0.1, 0.15) is 5.52 Å². The molecule has 3 N–H and O–H groups in total. The maximum Gasteiger partial charge on any atom is 0.273 e. The summed E-state index contributed by atoms with van der Waals surface area (Å²) in [7, 11) is 0. The molecule has 0 unspecified atom stereocenters. The summed E-state index contributed by atoms with van der Waals surface area (Å²) in [5.74, 6) is 1.04. The first-order chi connectivity index (χ1) is 12.7. The maximum atomic E-state index is 12.2. The molecular weight excluding hydrogens is 332 g/mol. The van der Waals surface area contributed by atoms with Gasteiger partial charge in [-0.2, -0.15) is 0 Å². The third-order valence-corrected chi connectivity index (χ3v) is 4.27. The van der Waals surface area contributed by atoms with Gasteiger partial charge in [0, 0.05) is 23.1 Å². The number of para-hydroxylation sites is 1. The molecule has 1 amide bonds. The van der Waals surface area contributed by atoms with Gasteiger partial charge < -0.3 is 20.5 Å². The fourth-order valence-corrected chi connectivity index (χ4v) is 3.00. The van der Waals surface area contributed by atoms with Crippen molar-refractivity contribution in [1.82, 2.24) is 15.5 Å². The van der Waals surface area contributed by atoms with Crippen molar-refractivity contribution in [2.45, 2.75) is 13.3 Å². The number of anilines is 1. The van der Waals surface area contributed by atoms with Gasteiger partial charge in [-0.3, -0.25) is 4.79 Å². The molecule has 0 saturated carbocycles. The van der Waals surface area contributed by atoms with Crippen molar-refractivity contribution >= 4 is 22.5 Å². The first-order valence-electron chi connectivity index (χ1n) is 8.42. The van der Waals surface area contributed by atoms with Crippen molar-refractivity contribution in [1.29, 1.82) is 0 Å². The van der Waals surface area contributed by atoms with Crippen LogP contribution in [0.5, 0.6) is 11.5 Å². The van der Waals surface area contributed by atoms with Gasteiger partial charge in [0.2, 0.25) is 6.79 Å². The molecule has 1 aromatic heterocycles. The lowest BCUT2D eigenvalue weighted by molar-refractivity contribution is 0.0949. The molecule has 0 bridgehead atoms. The van der Waals surface area contributed by atoms with Gasteiger partial charge in [-0.1, -0.05) is 37.3 Å². The number of nitrogens with one attached hydrogen (secondary N) is 1. The fraction of sp³-hybridized carbons (Fsp3) is 0.211. The second kappa shape index (κ2) is 6.51. The van der Waals surface area contributed by atoms with E-state index in [4.69, 9.17) is 15.2 Å². The minimum atomic E-state index is -0.318. The molecule has 0 aliphatic carbocycles. The van der Waals surface area contributed by atoms with Crippen LogP contribution in [0.3, 0.4) is 0 Å². The number of rotatable bonds is 4. The molecule has 7 heteroatoms. The molecule has 1 aliphatic heterocycles. The second-order valence-electron chi connectivity index (χ2n) is 5.96. The van der Waals surface area contributed by atoms with Gasteiger partial charge >= 0.3 is 0 Å². The van der Waals surface area contributed by atoms with Gasteiger partial charge in [-0.25, -0.2) is 0 Å². The number of benzene rings is 2. The topological polar surface area (TPSA) is 99.4 Å². The number of hydrogen-bond acceptors (Lipinski definition) is 6. The molecule has 2 heterocycles. The van der Waals surface area contributed by atoms with Crippen LogP contribution in [0.4, 0.5) is 5.69 Å². The molecular formula is C19H18N4O3. The zero-order valence-electron chi connectivity index (χ0n) is 14.3. The Morgan fingerprint density at radius 1 is 1.15 bits per heavy atom. The van der Waals surface area contributed by atoms with Crippen LogP contribution in [-0.2, 0) is 0 Å². The monoisotopic (exact) mass is 350 g/mol. The molecule has 7 nitrogen and oxygen atoms in total. The van der Waals surface area contributed by atoms with Crippen molar-refractivity contribution < 1.29 is 14.3 Å². The molecule has 4 rings (SSSR count). The van der Waals surface area contributed by atoms with Crippen LogP contribution in [0, 0.1) is 0 Å². The van der Waals surface area contributed by atoms with E-state index < -0.39 is 0 Å². The Labute approximate surface area is 150 Å². The molecule has 0 spiro atoms. The Bertz CT molecular complexity index is 1000. The van der Waals surface area contributed by atoms with Gasteiger partial charge in [-0.15, -0.1) is 10.2 Å². The number of aromatic nitrogens is 2. The Morgan fingerprint density at radius 3 is 2.81 bits per heavy atom. The van der Waals surface area contributed by atoms with E-state index in [1.54, 1.807) is 0 Å². The number of nitrogens with zero attached hydrogens (tertiary/aromatic N) is 2. The summed E-state index contributed by atoms with van der Waals surface area (Å²) in [5.41, 5.74) is 8.97. The maximum absolute atomic E-state index is 12.2. The molecule has 3 aromatic rings. The summed E-state index contributed by atoms with van der Waals surface area (Å²) in [6.45, 7) is 2.73. The lowest BCUT2D eigenvalue weighted by atomic mass is 10.00. The highest BCUT2D eigenvalue weighted by atomic mass is 16.7. The third kappa shape index (κ3) is 2.57. The number of nitrogen functional groups attached to an aromatic ring is 1. The summed E-state index contributed by atoms with van der Waals surface area (Å²) in [4.78, 5) is 12.2. The van der Waals surface area contributed by atoms with Crippen molar-refractivity contribution in [3.8, 4) is 22.6 Å². The van der Waals surface area contributed by atoms with E-state index in [1.807, 2.05) is 43.3 Å². The lowest BCUT2D eigenvalue weighted by Crippen LogP contribution is -2.26. The summed E-state index contributed by atoms with van der Waals surface area (Å²) in [5, 5.41) is 11.8. The van der Waals surface area contributed by atoms with Crippen molar-refractivity contribution in [2.75, 3.05) is 19.1 Å². The van der Waals surface area contributed by atoms with Crippen LogP contribution >= 0.6 is 0 Å². The van der Waals surface area contributed by atoms with E-state index in [-0.39, 0.29) is 18.4 Å². The highest BCUT2D eigenvalue weighted by Crippen LogP contribution is 2.43. The Morgan fingerprint density at radius 2 is 1.96 bits per heavy atom. The minimum absolute atomic E-state index is 0.140. The molecule has 132 valence electrons. The molecule has 0 fully saturated rings. The zero-order valence-corrected chi connectivity index (χ0v) is 14.3. The first kappa shape index (κ1) is 16.1. The number of ether oxygens (including phenoxy) is 2. The van der Waals surface area contributed by atoms with E-state index in [1.165, 1.54) is 0 Å². The largest absolute Gasteiger partial charge is 0.454 e. The average Bonchev–Trinajstić information content (AvgIpc) is 3.15. The first-order valence-corrected chi connectivity index (χ1v) is 8.42.